The van der Waals surface area contributed by atoms with Gasteiger partial charge < -0.3 is 10.2 Å². The highest BCUT2D eigenvalue weighted by Crippen LogP contribution is 2.59. The average molecular weight is 232 g/mol. The summed E-state index contributed by atoms with van der Waals surface area (Å²) in [5.41, 5.74) is 2.06. The number of hydrogen-bond acceptors (Lipinski definition) is 2. The quantitative estimate of drug-likeness (QED) is 0.813. The van der Waals surface area contributed by atoms with Gasteiger partial charge in [0.1, 0.15) is 0 Å². The molecule has 4 nitrogen and oxygen atoms in total. The Bertz CT molecular complexity index is 463. The molecule has 0 saturated heterocycles. The lowest BCUT2D eigenvalue weighted by molar-refractivity contribution is -0.153. The second-order valence-electron chi connectivity index (χ2n) is 4.81. The van der Waals surface area contributed by atoms with E-state index in [1.807, 2.05) is 24.3 Å². The molecule has 1 aromatic rings. The molecule has 3 rings (SSSR count). The van der Waals surface area contributed by atoms with Crippen LogP contribution in [0.25, 0.3) is 0 Å². The highest BCUT2D eigenvalue weighted by molar-refractivity contribution is 5.84. The Morgan fingerprint density at radius 2 is 1.35 bits per heavy atom. The predicted octanol–water partition coefficient (Wildman–Crippen LogP) is 1.67. The molecule has 0 aromatic heterocycles. The van der Waals surface area contributed by atoms with Gasteiger partial charge in [-0.15, -0.1) is 0 Å². The maximum absolute atomic E-state index is 11.3. The summed E-state index contributed by atoms with van der Waals surface area (Å²) in [5.74, 6) is -3.77. The van der Waals surface area contributed by atoms with E-state index in [0.29, 0.717) is 6.42 Å². The first-order valence-corrected chi connectivity index (χ1v) is 5.65. The normalized spacial score (nSPS) is 33.4. The first-order chi connectivity index (χ1) is 8.11. The van der Waals surface area contributed by atoms with Gasteiger partial charge in [-0.25, -0.2) is 0 Å². The molecule has 4 atom stereocenters. The minimum atomic E-state index is -0.987. The van der Waals surface area contributed by atoms with Crippen LogP contribution in [0.2, 0.25) is 0 Å². The van der Waals surface area contributed by atoms with Gasteiger partial charge >= 0.3 is 11.9 Å². The lowest BCUT2D eigenvalue weighted by Crippen LogP contribution is -2.33. The van der Waals surface area contributed by atoms with Crippen LogP contribution in [0.15, 0.2) is 24.3 Å². The second kappa shape index (κ2) is 3.32. The van der Waals surface area contributed by atoms with Gasteiger partial charge in [0.2, 0.25) is 0 Å². The maximum atomic E-state index is 11.3. The molecule has 0 radical (unpaired) electrons. The Balaban J connectivity index is 2.12. The van der Waals surface area contributed by atoms with Crippen LogP contribution in [-0.4, -0.2) is 22.2 Å². The molecule has 0 heterocycles. The zero-order valence-corrected chi connectivity index (χ0v) is 9.04. The van der Waals surface area contributed by atoms with Crippen LogP contribution in [-0.2, 0) is 9.59 Å². The molecule has 0 amide bonds. The van der Waals surface area contributed by atoms with Crippen molar-refractivity contribution in [2.75, 3.05) is 0 Å². The molecule has 17 heavy (non-hydrogen) atoms. The van der Waals surface area contributed by atoms with E-state index in [1.165, 1.54) is 0 Å². The van der Waals surface area contributed by atoms with Gasteiger partial charge in [-0.05, 0) is 29.4 Å². The molecule has 1 fully saturated rings. The van der Waals surface area contributed by atoms with Crippen LogP contribution in [0.1, 0.15) is 29.4 Å². The standard InChI is InChI=1S/C13H12O4/c14-12(15)10-8-5-9(11(10)13(16)17)7-4-2-1-3-6(7)8/h1-4,8-11H,5H2,(H,14,15)(H,16,17)/t8-,9+,10+,11-. The summed E-state index contributed by atoms with van der Waals surface area (Å²) in [5, 5.41) is 18.4. The highest BCUT2D eigenvalue weighted by atomic mass is 16.4. The predicted molar refractivity (Wildman–Crippen MR) is 58.8 cm³/mol. The first kappa shape index (κ1) is 10.3. The Morgan fingerprint density at radius 1 is 0.941 bits per heavy atom. The van der Waals surface area contributed by atoms with Crippen LogP contribution >= 0.6 is 0 Å². The highest BCUT2D eigenvalue weighted by Gasteiger charge is 2.56. The fourth-order valence-electron chi connectivity index (χ4n) is 3.55. The summed E-state index contributed by atoms with van der Waals surface area (Å²) in [4.78, 5) is 22.5. The van der Waals surface area contributed by atoms with Crippen LogP contribution in [0.5, 0.6) is 0 Å². The van der Waals surface area contributed by atoms with E-state index < -0.39 is 23.8 Å². The summed E-state index contributed by atoms with van der Waals surface area (Å²) in [6.07, 6.45) is 0.660. The molecule has 2 N–H and O–H groups in total. The number of benzene rings is 1. The van der Waals surface area contributed by atoms with Crippen molar-refractivity contribution in [3.63, 3.8) is 0 Å². The van der Waals surface area contributed by atoms with Gasteiger partial charge in [0.15, 0.2) is 0 Å². The number of aliphatic carboxylic acids is 2. The SMILES string of the molecule is O=C(O)[C@@H]1[C@H](C(=O)O)[C@H]2C[C@@H]1c1ccccc12. The third kappa shape index (κ3) is 1.24. The smallest absolute Gasteiger partial charge is 0.308 e. The van der Waals surface area contributed by atoms with E-state index in [1.54, 1.807) is 0 Å². The van der Waals surface area contributed by atoms with Crippen molar-refractivity contribution in [1.82, 2.24) is 0 Å². The molecule has 2 aliphatic carbocycles. The van der Waals surface area contributed by atoms with Crippen LogP contribution < -0.4 is 0 Å². The molecule has 2 aliphatic rings. The number of hydrogen-bond donors (Lipinski definition) is 2. The zero-order chi connectivity index (χ0) is 12.2. The van der Waals surface area contributed by atoms with Crippen LogP contribution in [0, 0.1) is 11.8 Å². The van der Waals surface area contributed by atoms with E-state index in [4.69, 9.17) is 0 Å². The molecule has 0 unspecified atom stereocenters. The lowest BCUT2D eigenvalue weighted by atomic mass is 9.76. The number of carboxylic acids is 2. The van der Waals surface area contributed by atoms with E-state index in [2.05, 4.69) is 0 Å². The van der Waals surface area contributed by atoms with Crippen molar-refractivity contribution in [3.05, 3.63) is 35.4 Å². The Hall–Kier alpha value is -1.84. The Kier molecular flexibility index (Phi) is 2.02. The minimum absolute atomic E-state index is 0.130. The molecular formula is C13H12O4. The Morgan fingerprint density at radius 3 is 1.71 bits per heavy atom. The minimum Gasteiger partial charge on any atom is -0.481 e. The summed E-state index contributed by atoms with van der Waals surface area (Å²) in [7, 11) is 0. The van der Waals surface area contributed by atoms with E-state index in [9.17, 15) is 19.8 Å². The number of rotatable bonds is 2. The van der Waals surface area contributed by atoms with Gasteiger partial charge in [0.05, 0.1) is 11.8 Å². The average Bonchev–Trinajstić information content (AvgIpc) is 2.84. The van der Waals surface area contributed by atoms with Crippen LogP contribution in [0.3, 0.4) is 0 Å². The molecule has 2 bridgehead atoms. The topological polar surface area (TPSA) is 74.6 Å². The number of carbonyl (C=O) groups is 2. The third-order valence-corrected chi connectivity index (χ3v) is 4.13. The van der Waals surface area contributed by atoms with Gasteiger partial charge in [0.25, 0.3) is 0 Å². The first-order valence-electron chi connectivity index (χ1n) is 5.65. The number of carboxylic acid groups (broad SMARTS) is 2. The molecule has 4 heteroatoms. The Labute approximate surface area is 97.9 Å². The fraction of sp³-hybridized carbons (Fsp3) is 0.385. The second-order valence-corrected chi connectivity index (χ2v) is 4.81. The summed E-state index contributed by atoms with van der Waals surface area (Å²) < 4.78 is 0. The molecule has 1 saturated carbocycles. The van der Waals surface area contributed by atoms with Crippen molar-refractivity contribution in [2.24, 2.45) is 11.8 Å². The lowest BCUT2D eigenvalue weighted by Gasteiger charge is -2.26. The molecule has 0 spiro atoms. The van der Waals surface area contributed by atoms with E-state index in [-0.39, 0.29) is 11.8 Å². The maximum Gasteiger partial charge on any atom is 0.308 e. The van der Waals surface area contributed by atoms with Gasteiger partial charge in [0, 0.05) is 0 Å². The summed E-state index contributed by atoms with van der Waals surface area (Å²) >= 11 is 0. The van der Waals surface area contributed by atoms with Crippen molar-refractivity contribution in [1.29, 1.82) is 0 Å². The molecular weight excluding hydrogens is 220 g/mol. The third-order valence-electron chi connectivity index (χ3n) is 4.13. The van der Waals surface area contributed by atoms with Gasteiger partial charge in [-0.3, -0.25) is 9.59 Å². The van der Waals surface area contributed by atoms with E-state index >= 15 is 0 Å². The van der Waals surface area contributed by atoms with E-state index in [0.717, 1.165) is 11.1 Å². The summed E-state index contributed by atoms with van der Waals surface area (Å²) in [6.45, 7) is 0. The van der Waals surface area contributed by atoms with Crippen molar-refractivity contribution >= 4 is 11.9 Å². The molecule has 88 valence electrons. The fourth-order valence-corrected chi connectivity index (χ4v) is 3.55. The largest absolute Gasteiger partial charge is 0.481 e. The van der Waals surface area contributed by atoms with Crippen molar-refractivity contribution in [2.45, 2.75) is 18.3 Å². The van der Waals surface area contributed by atoms with Crippen LogP contribution in [0.4, 0.5) is 0 Å². The summed E-state index contributed by atoms with van der Waals surface area (Å²) in [6, 6.07) is 7.62. The molecule has 1 aromatic carbocycles. The molecule has 0 aliphatic heterocycles. The van der Waals surface area contributed by atoms with Crippen molar-refractivity contribution < 1.29 is 19.8 Å². The van der Waals surface area contributed by atoms with Crippen molar-refractivity contribution in [3.8, 4) is 0 Å². The monoisotopic (exact) mass is 232 g/mol. The zero-order valence-electron chi connectivity index (χ0n) is 9.04. The van der Waals surface area contributed by atoms with Gasteiger partial charge in [-0.1, -0.05) is 24.3 Å². The van der Waals surface area contributed by atoms with Gasteiger partial charge in [-0.2, -0.15) is 0 Å². The number of fused-ring (bicyclic) bond motifs is 5.